The van der Waals surface area contributed by atoms with Crippen LogP contribution in [-0.2, 0) is 17.8 Å². The summed E-state index contributed by atoms with van der Waals surface area (Å²) in [6.45, 7) is 2.40. The predicted molar refractivity (Wildman–Crippen MR) is 117 cm³/mol. The molecule has 7 nitrogen and oxygen atoms in total. The number of hydrogen-bond acceptors (Lipinski definition) is 6. The number of alkyl halides is 3. The van der Waals surface area contributed by atoms with Gasteiger partial charge in [-0.1, -0.05) is 11.8 Å². The van der Waals surface area contributed by atoms with Crippen molar-refractivity contribution in [1.29, 1.82) is 0 Å². The molecule has 0 fully saturated rings. The highest BCUT2D eigenvalue weighted by Crippen LogP contribution is 2.33. The summed E-state index contributed by atoms with van der Waals surface area (Å²) in [7, 11) is 0. The first-order chi connectivity index (χ1) is 15.6. The van der Waals surface area contributed by atoms with Crippen LogP contribution in [0.5, 0.6) is 0 Å². The van der Waals surface area contributed by atoms with Gasteiger partial charge in [0.15, 0.2) is 16.8 Å². The average Bonchev–Trinajstić information content (AvgIpc) is 3.36. The summed E-state index contributed by atoms with van der Waals surface area (Å²) in [6, 6.07) is 8.23. The normalized spacial score (nSPS) is 14.3. The van der Waals surface area contributed by atoms with Gasteiger partial charge in [-0.15, -0.1) is 10.2 Å². The Bertz CT molecular complexity index is 1200. The fourth-order valence-corrected chi connectivity index (χ4v) is 4.67. The van der Waals surface area contributed by atoms with Crippen LogP contribution in [-0.4, -0.2) is 49.4 Å². The van der Waals surface area contributed by atoms with Gasteiger partial charge in [-0.25, -0.2) is 0 Å². The van der Waals surface area contributed by atoms with Crippen LogP contribution in [0.15, 0.2) is 47.9 Å². The molecule has 172 valence electrons. The van der Waals surface area contributed by atoms with Crippen LogP contribution in [0.25, 0.3) is 11.4 Å². The summed E-state index contributed by atoms with van der Waals surface area (Å²) in [5, 5.41) is 7.19. The lowest BCUT2D eigenvalue weighted by molar-refractivity contribution is -0.141. The Hall–Kier alpha value is -3.21. The predicted octanol–water partition coefficient (Wildman–Crippen LogP) is 4.17. The molecule has 1 atom stereocenters. The number of rotatable bonds is 6. The highest BCUT2D eigenvalue weighted by Gasteiger charge is 2.33. The first kappa shape index (κ1) is 23.0. The first-order valence-electron chi connectivity index (χ1n) is 10.2. The number of anilines is 1. The molecule has 0 N–H and O–H groups in total. The molecule has 0 aliphatic carbocycles. The highest BCUT2D eigenvalue weighted by atomic mass is 32.2. The Labute approximate surface area is 192 Å². The van der Waals surface area contributed by atoms with Crippen LogP contribution in [0.4, 0.5) is 18.9 Å². The Balaban J connectivity index is 1.58. The third-order valence-electron chi connectivity index (χ3n) is 5.28. The maximum atomic E-state index is 13.3. The maximum absolute atomic E-state index is 13.3. The SMILES string of the molecule is CC(=O)N1CCc2cc(C(=O)[C@@H](C)Sc3nnc(-c4ccncc4)n3CC(F)(F)F)ccc21. The molecule has 0 radical (unpaired) electrons. The van der Waals surface area contributed by atoms with E-state index in [0.717, 1.165) is 27.6 Å². The van der Waals surface area contributed by atoms with Gasteiger partial charge in [-0.05, 0) is 49.2 Å². The van der Waals surface area contributed by atoms with Gasteiger partial charge in [0, 0.05) is 42.7 Å². The molecule has 3 heterocycles. The number of benzene rings is 1. The molecule has 1 amide bonds. The second-order valence-corrected chi connectivity index (χ2v) is 8.94. The van der Waals surface area contributed by atoms with Gasteiger partial charge in [0.25, 0.3) is 0 Å². The average molecular weight is 475 g/mol. The van der Waals surface area contributed by atoms with Gasteiger partial charge >= 0.3 is 6.18 Å². The Morgan fingerprint density at radius 1 is 1.15 bits per heavy atom. The molecule has 0 bridgehead atoms. The van der Waals surface area contributed by atoms with E-state index in [9.17, 15) is 22.8 Å². The molecule has 11 heteroatoms. The summed E-state index contributed by atoms with van der Waals surface area (Å²) in [4.78, 5) is 30.3. The number of halogens is 3. The van der Waals surface area contributed by atoms with Crippen LogP contribution in [0.3, 0.4) is 0 Å². The Morgan fingerprint density at radius 3 is 2.55 bits per heavy atom. The topological polar surface area (TPSA) is 81.0 Å². The lowest BCUT2D eigenvalue weighted by atomic mass is 10.0. The molecule has 3 aromatic rings. The molecule has 33 heavy (non-hydrogen) atoms. The first-order valence-corrected chi connectivity index (χ1v) is 11.0. The fraction of sp³-hybridized carbons (Fsp3) is 0.318. The minimum Gasteiger partial charge on any atom is -0.312 e. The van der Waals surface area contributed by atoms with Gasteiger partial charge in [0.05, 0.1) is 5.25 Å². The third kappa shape index (κ3) is 4.92. The number of amides is 1. The third-order valence-corrected chi connectivity index (χ3v) is 6.36. The monoisotopic (exact) mass is 475 g/mol. The van der Waals surface area contributed by atoms with E-state index in [1.165, 1.54) is 19.3 Å². The molecule has 0 unspecified atom stereocenters. The number of aromatic nitrogens is 4. The molecule has 1 aliphatic rings. The molecule has 2 aromatic heterocycles. The van der Waals surface area contributed by atoms with E-state index in [-0.39, 0.29) is 22.7 Å². The largest absolute Gasteiger partial charge is 0.406 e. The van der Waals surface area contributed by atoms with Crippen molar-refractivity contribution in [3.63, 3.8) is 0 Å². The van der Waals surface area contributed by atoms with Gasteiger partial charge in [0.2, 0.25) is 5.91 Å². The van der Waals surface area contributed by atoms with Gasteiger partial charge in [0.1, 0.15) is 6.54 Å². The van der Waals surface area contributed by atoms with Crippen molar-refractivity contribution in [2.45, 2.75) is 43.4 Å². The zero-order chi connectivity index (χ0) is 23.8. The van der Waals surface area contributed by atoms with Crippen molar-refractivity contribution in [2.24, 2.45) is 0 Å². The van der Waals surface area contributed by atoms with E-state index in [1.807, 2.05) is 0 Å². The van der Waals surface area contributed by atoms with Crippen molar-refractivity contribution in [2.75, 3.05) is 11.4 Å². The number of pyridine rings is 1. The minimum atomic E-state index is -4.49. The van der Waals surface area contributed by atoms with E-state index in [1.54, 1.807) is 42.2 Å². The van der Waals surface area contributed by atoms with Crippen molar-refractivity contribution in [3.8, 4) is 11.4 Å². The summed E-state index contributed by atoms with van der Waals surface area (Å²) < 4.78 is 40.8. The summed E-state index contributed by atoms with van der Waals surface area (Å²) in [6.07, 6.45) is -0.925. The Morgan fingerprint density at radius 2 is 1.88 bits per heavy atom. The second-order valence-electron chi connectivity index (χ2n) is 7.63. The summed E-state index contributed by atoms with van der Waals surface area (Å²) >= 11 is 0.928. The van der Waals surface area contributed by atoms with Crippen molar-refractivity contribution < 1.29 is 22.8 Å². The highest BCUT2D eigenvalue weighted by molar-refractivity contribution is 8.00. The number of fused-ring (bicyclic) bond motifs is 1. The lowest BCUT2D eigenvalue weighted by Gasteiger charge is -2.16. The van der Waals surface area contributed by atoms with Gasteiger partial charge in [-0.2, -0.15) is 13.2 Å². The standard InChI is InChI=1S/C22H20F3N5O2S/c1-13(19(32)17-3-4-18-16(11-17)7-10-29(18)14(2)31)33-21-28-27-20(15-5-8-26-9-6-15)30(21)12-22(23,24)25/h3-6,8-9,11,13H,7,10,12H2,1-2H3/t13-/m1/s1. The minimum absolute atomic E-state index is 0.00361. The van der Waals surface area contributed by atoms with Crippen LogP contribution < -0.4 is 4.90 Å². The molecule has 0 spiro atoms. The molecule has 4 rings (SSSR count). The van der Waals surface area contributed by atoms with E-state index < -0.39 is 18.0 Å². The van der Waals surface area contributed by atoms with E-state index in [2.05, 4.69) is 15.2 Å². The number of Topliss-reactive ketones (excluding diaryl/α,β-unsaturated/α-hetero) is 1. The molecule has 1 aliphatic heterocycles. The molecule has 0 saturated carbocycles. The van der Waals surface area contributed by atoms with Crippen molar-refractivity contribution >= 4 is 29.1 Å². The van der Waals surface area contributed by atoms with E-state index >= 15 is 0 Å². The molecule has 0 saturated heterocycles. The van der Waals surface area contributed by atoms with E-state index in [0.29, 0.717) is 24.1 Å². The van der Waals surface area contributed by atoms with Crippen LogP contribution >= 0.6 is 11.8 Å². The van der Waals surface area contributed by atoms with Gasteiger partial charge < -0.3 is 4.90 Å². The number of ketones is 1. The van der Waals surface area contributed by atoms with Crippen LogP contribution in [0, 0.1) is 0 Å². The van der Waals surface area contributed by atoms with Crippen LogP contribution in [0.1, 0.15) is 29.8 Å². The van der Waals surface area contributed by atoms with Crippen LogP contribution in [0.2, 0.25) is 0 Å². The number of nitrogens with zero attached hydrogens (tertiary/aromatic N) is 5. The Kier molecular flexibility index (Phi) is 6.24. The maximum Gasteiger partial charge on any atom is 0.406 e. The molecular formula is C22H20F3N5O2S. The van der Waals surface area contributed by atoms with Gasteiger partial charge in [-0.3, -0.25) is 19.1 Å². The zero-order valence-corrected chi connectivity index (χ0v) is 18.7. The zero-order valence-electron chi connectivity index (χ0n) is 17.8. The smallest absolute Gasteiger partial charge is 0.312 e. The van der Waals surface area contributed by atoms with Crippen molar-refractivity contribution in [3.05, 3.63) is 53.9 Å². The summed E-state index contributed by atoms with van der Waals surface area (Å²) in [5.41, 5.74) is 2.57. The molecule has 1 aromatic carbocycles. The van der Waals surface area contributed by atoms with Crippen molar-refractivity contribution in [1.82, 2.24) is 19.7 Å². The lowest BCUT2D eigenvalue weighted by Crippen LogP contribution is -2.25. The number of carbonyl (C=O) groups is 2. The molecular weight excluding hydrogens is 455 g/mol. The number of thioether (sulfide) groups is 1. The fourth-order valence-electron chi connectivity index (χ4n) is 3.74. The number of hydrogen-bond donors (Lipinski definition) is 0. The summed E-state index contributed by atoms with van der Waals surface area (Å²) in [5.74, 6) is -0.249. The number of carbonyl (C=O) groups excluding carboxylic acids is 2. The second kappa shape index (κ2) is 8.97. The quantitative estimate of drug-likeness (QED) is 0.393. The van der Waals surface area contributed by atoms with E-state index in [4.69, 9.17) is 0 Å².